The third kappa shape index (κ3) is 2.59. The van der Waals surface area contributed by atoms with Crippen LogP contribution in [0.3, 0.4) is 0 Å². The van der Waals surface area contributed by atoms with Crippen molar-refractivity contribution in [1.29, 1.82) is 0 Å². The van der Waals surface area contributed by atoms with Gasteiger partial charge >= 0.3 is 0 Å². The van der Waals surface area contributed by atoms with Crippen molar-refractivity contribution < 1.29 is 9.59 Å². The normalized spacial score (nSPS) is 26.0. The van der Waals surface area contributed by atoms with E-state index in [0.717, 1.165) is 49.4 Å². The molecule has 0 aromatic heterocycles. The van der Waals surface area contributed by atoms with Gasteiger partial charge in [-0.3, -0.25) is 9.59 Å². The number of carbonyl (C=O) groups excluding carboxylic acids is 2. The van der Waals surface area contributed by atoms with Gasteiger partial charge in [-0.25, -0.2) is 0 Å². The number of benzene rings is 1. The molecule has 0 saturated carbocycles. The van der Waals surface area contributed by atoms with Crippen molar-refractivity contribution in [2.45, 2.75) is 12.8 Å². The molecule has 5 nitrogen and oxygen atoms in total. The van der Waals surface area contributed by atoms with Gasteiger partial charge in [0.1, 0.15) is 0 Å². The monoisotopic (exact) mass is 321 g/mol. The van der Waals surface area contributed by atoms with E-state index < -0.39 is 0 Å². The van der Waals surface area contributed by atoms with Gasteiger partial charge < -0.3 is 15.5 Å². The van der Waals surface area contributed by atoms with Gasteiger partial charge in [-0.2, -0.15) is 0 Å². The van der Waals surface area contributed by atoms with E-state index in [-0.39, 0.29) is 24.2 Å². The van der Waals surface area contributed by atoms with Gasteiger partial charge in [0, 0.05) is 43.9 Å². The number of halogens is 1. The molecule has 3 heterocycles. The molecule has 3 aliphatic rings. The van der Waals surface area contributed by atoms with Crippen molar-refractivity contribution in [2.75, 3.05) is 31.5 Å². The fourth-order valence-corrected chi connectivity index (χ4v) is 3.72. The van der Waals surface area contributed by atoms with Crippen LogP contribution in [0.4, 0.5) is 5.69 Å². The zero-order valence-electron chi connectivity index (χ0n) is 12.3. The Morgan fingerprint density at radius 2 is 1.86 bits per heavy atom. The molecule has 118 valence electrons. The number of hydrogen-bond acceptors (Lipinski definition) is 3. The van der Waals surface area contributed by atoms with Crippen LogP contribution in [-0.2, 0) is 11.2 Å². The van der Waals surface area contributed by atoms with E-state index in [0.29, 0.717) is 18.3 Å². The molecular formula is C16H20ClN3O2. The highest BCUT2D eigenvalue weighted by molar-refractivity contribution is 5.98. The lowest BCUT2D eigenvalue weighted by atomic mass is 10.00. The average Bonchev–Trinajstić information content (AvgIpc) is 3.07. The smallest absolute Gasteiger partial charge is 0.253 e. The summed E-state index contributed by atoms with van der Waals surface area (Å²) in [6, 6.07) is 5.64. The molecule has 1 aromatic carbocycles. The van der Waals surface area contributed by atoms with Crippen LogP contribution in [0.15, 0.2) is 18.2 Å². The molecule has 2 fully saturated rings. The highest BCUT2D eigenvalue weighted by Gasteiger charge is 2.38. The molecule has 2 atom stereocenters. The maximum absolute atomic E-state index is 12.6. The second kappa shape index (κ2) is 5.89. The van der Waals surface area contributed by atoms with E-state index in [1.165, 1.54) is 0 Å². The molecule has 0 spiro atoms. The molecule has 3 aliphatic heterocycles. The minimum atomic E-state index is 0. The first kappa shape index (κ1) is 15.3. The molecule has 1 aromatic rings. The third-order valence-corrected chi connectivity index (χ3v) is 4.92. The summed E-state index contributed by atoms with van der Waals surface area (Å²) in [6.07, 6.45) is 1.22. The number of aryl methyl sites for hydroxylation is 1. The number of hydrogen-bond donors (Lipinski definition) is 2. The third-order valence-electron chi connectivity index (χ3n) is 4.92. The molecule has 6 heteroatoms. The maximum atomic E-state index is 12.6. The van der Waals surface area contributed by atoms with E-state index in [1.54, 1.807) is 0 Å². The Balaban J connectivity index is 0.00000144. The molecule has 2 saturated heterocycles. The highest BCUT2D eigenvalue weighted by atomic mass is 35.5. The summed E-state index contributed by atoms with van der Waals surface area (Å²) >= 11 is 0. The van der Waals surface area contributed by atoms with Crippen molar-refractivity contribution in [2.24, 2.45) is 11.8 Å². The lowest BCUT2D eigenvalue weighted by Crippen LogP contribution is -2.32. The number of nitrogens with one attached hydrogen (secondary N) is 2. The van der Waals surface area contributed by atoms with Crippen LogP contribution >= 0.6 is 12.4 Å². The SMILES string of the molecule is Cl.O=C1CCc2cc(C(=O)N3C[C@H]4CNC[C@H]4C3)ccc2N1. The first-order valence-corrected chi connectivity index (χ1v) is 7.63. The van der Waals surface area contributed by atoms with Crippen molar-refractivity contribution in [1.82, 2.24) is 10.2 Å². The van der Waals surface area contributed by atoms with Crippen LogP contribution < -0.4 is 10.6 Å². The molecule has 0 aliphatic carbocycles. The van der Waals surface area contributed by atoms with Gasteiger partial charge in [-0.05, 0) is 42.0 Å². The van der Waals surface area contributed by atoms with Crippen molar-refractivity contribution in [3.63, 3.8) is 0 Å². The van der Waals surface area contributed by atoms with Crippen LogP contribution in [0, 0.1) is 11.8 Å². The molecule has 0 unspecified atom stereocenters. The minimum Gasteiger partial charge on any atom is -0.338 e. The average molecular weight is 322 g/mol. The lowest BCUT2D eigenvalue weighted by Gasteiger charge is -2.20. The summed E-state index contributed by atoms with van der Waals surface area (Å²) < 4.78 is 0. The predicted octanol–water partition coefficient (Wildman–Crippen LogP) is 1.28. The van der Waals surface area contributed by atoms with E-state index >= 15 is 0 Å². The van der Waals surface area contributed by atoms with Crippen LogP contribution in [0.1, 0.15) is 22.3 Å². The number of carbonyl (C=O) groups is 2. The molecule has 2 amide bonds. The Hall–Kier alpha value is -1.59. The largest absolute Gasteiger partial charge is 0.338 e. The number of fused-ring (bicyclic) bond motifs is 2. The topological polar surface area (TPSA) is 61.4 Å². The minimum absolute atomic E-state index is 0. The Morgan fingerprint density at radius 3 is 2.59 bits per heavy atom. The van der Waals surface area contributed by atoms with Crippen molar-refractivity contribution >= 4 is 29.9 Å². The summed E-state index contributed by atoms with van der Waals surface area (Å²) in [5.74, 6) is 1.42. The van der Waals surface area contributed by atoms with E-state index in [2.05, 4.69) is 10.6 Å². The second-order valence-corrected chi connectivity index (χ2v) is 6.31. The van der Waals surface area contributed by atoms with Gasteiger partial charge in [0.2, 0.25) is 5.91 Å². The summed E-state index contributed by atoms with van der Waals surface area (Å²) in [4.78, 5) is 26.0. The van der Waals surface area contributed by atoms with Gasteiger partial charge in [-0.15, -0.1) is 12.4 Å². The summed E-state index contributed by atoms with van der Waals surface area (Å²) in [6.45, 7) is 3.80. The van der Waals surface area contributed by atoms with Crippen LogP contribution in [0.25, 0.3) is 0 Å². The maximum Gasteiger partial charge on any atom is 0.253 e. The fourth-order valence-electron chi connectivity index (χ4n) is 3.72. The summed E-state index contributed by atoms with van der Waals surface area (Å²) in [7, 11) is 0. The van der Waals surface area contributed by atoms with Gasteiger partial charge in [0.25, 0.3) is 5.91 Å². The van der Waals surface area contributed by atoms with E-state index in [4.69, 9.17) is 0 Å². The number of nitrogens with zero attached hydrogens (tertiary/aromatic N) is 1. The van der Waals surface area contributed by atoms with Crippen LogP contribution in [-0.4, -0.2) is 42.9 Å². The zero-order valence-corrected chi connectivity index (χ0v) is 13.1. The van der Waals surface area contributed by atoms with Crippen molar-refractivity contribution in [3.05, 3.63) is 29.3 Å². The highest BCUT2D eigenvalue weighted by Crippen LogP contribution is 2.29. The lowest BCUT2D eigenvalue weighted by molar-refractivity contribution is -0.116. The first-order valence-electron chi connectivity index (χ1n) is 7.63. The summed E-state index contributed by atoms with van der Waals surface area (Å²) in [5.41, 5.74) is 2.67. The quantitative estimate of drug-likeness (QED) is 0.819. The Kier molecular flexibility index (Phi) is 4.10. The Bertz CT molecular complexity index is 607. The molecule has 0 radical (unpaired) electrons. The Morgan fingerprint density at radius 1 is 1.14 bits per heavy atom. The molecule has 22 heavy (non-hydrogen) atoms. The first-order chi connectivity index (χ1) is 10.2. The molecular weight excluding hydrogens is 302 g/mol. The van der Waals surface area contributed by atoms with Crippen LogP contribution in [0.2, 0.25) is 0 Å². The second-order valence-electron chi connectivity index (χ2n) is 6.31. The molecule has 4 rings (SSSR count). The predicted molar refractivity (Wildman–Crippen MR) is 86.4 cm³/mol. The number of anilines is 1. The molecule has 2 N–H and O–H groups in total. The summed E-state index contributed by atoms with van der Waals surface area (Å²) in [5, 5.41) is 6.25. The standard InChI is InChI=1S/C16H19N3O2.ClH/c20-15-4-2-10-5-11(1-3-14(10)18-15)16(21)19-8-12-6-17-7-13(12)9-19;/h1,3,5,12-13,17H,2,4,6-9H2,(H,18,20);1H/t12-,13+;. The van der Waals surface area contributed by atoms with Gasteiger partial charge in [-0.1, -0.05) is 0 Å². The van der Waals surface area contributed by atoms with Crippen molar-refractivity contribution in [3.8, 4) is 0 Å². The number of amides is 2. The fraction of sp³-hybridized carbons (Fsp3) is 0.500. The van der Waals surface area contributed by atoms with E-state index in [1.807, 2.05) is 23.1 Å². The van der Waals surface area contributed by atoms with E-state index in [9.17, 15) is 9.59 Å². The Labute approximate surface area is 135 Å². The van der Waals surface area contributed by atoms with Gasteiger partial charge in [0.05, 0.1) is 0 Å². The number of rotatable bonds is 1. The number of likely N-dealkylation sites (tertiary alicyclic amines) is 1. The van der Waals surface area contributed by atoms with Gasteiger partial charge in [0.15, 0.2) is 0 Å². The van der Waals surface area contributed by atoms with Crippen LogP contribution in [0.5, 0.6) is 0 Å². The molecule has 0 bridgehead atoms. The zero-order chi connectivity index (χ0) is 14.4.